The number of halogens is 6. The van der Waals surface area contributed by atoms with E-state index in [1.54, 1.807) is 0 Å². The van der Waals surface area contributed by atoms with Crippen molar-refractivity contribution in [2.75, 3.05) is 26.7 Å². The van der Waals surface area contributed by atoms with Crippen LogP contribution in [0.4, 0.5) is 26.3 Å². The summed E-state index contributed by atoms with van der Waals surface area (Å²) in [6, 6.07) is 8.33. The smallest absolute Gasteiger partial charge is 0.350 e. The van der Waals surface area contributed by atoms with Gasteiger partial charge in [-0.3, -0.25) is 4.79 Å². The van der Waals surface area contributed by atoms with E-state index < -0.39 is 41.0 Å². The number of fused-ring (bicyclic) bond motifs is 1. The molecule has 10 heteroatoms. The predicted octanol–water partition coefficient (Wildman–Crippen LogP) is 5.21. The quantitative estimate of drug-likeness (QED) is 0.479. The maximum absolute atomic E-state index is 13.3. The zero-order valence-electron chi connectivity index (χ0n) is 18.5. The first-order valence-corrected chi connectivity index (χ1v) is 10.7. The number of benzene rings is 2. The number of rotatable bonds is 3. The number of alkyl halides is 6. The Balaban J connectivity index is 1.71. The molecule has 1 saturated heterocycles. The summed E-state index contributed by atoms with van der Waals surface area (Å²) in [6.07, 6.45) is -7.67. The van der Waals surface area contributed by atoms with Crippen LogP contribution in [0.3, 0.4) is 0 Å². The minimum atomic E-state index is -5.01. The van der Waals surface area contributed by atoms with Gasteiger partial charge in [-0.25, -0.2) is 0 Å². The lowest BCUT2D eigenvalue weighted by Gasteiger charge is -2.40. The van der Waals surface area contributed by atoms with Gasteiger partial charge >= 0.3 is 12.4 Å². The number of para-hydroxylation sites is 1. The molecule has 4 rings (SSSR count). The van der Waals surface area contributed by atoms with Crippen LogP contribution in [0.5, 0.6) is 0 Å². The van der Waals surface area contributed by atoms with Crippen molar-refractivity contribution in [1.29, 1.82) is 0 Å². The lowest BCUT2D eigenvalue weighted by Crippen LogP contribution is -2.55. The van der Waals surface area contributed by atoms with E-state index in [2.05, 4.69) is 0 Å². The van der Waals surface area contributed by atoms with Gasteiger partial charge in [0, 0.05) is 55.4 Å². The zero-order chi connectivity index (χ0) is 24.8. The summed E-state index contributed by atoms with van der Waals surface area (Å²) in [5.41, 5.74) is -1.66. The fourth-order valence-corrected chi connectivity index (χ4v) is 4.54. The third-order valence-corrected chi connectivity index (χ3v) is 6.22. The van der Waals surface area contributed by atoms with E-state index in [1.165, 1.54) is 4.90 Å². The van der Waals surface area contributed by atoms with Crippen molar-refractivity contribution < 1.29 is 31.1 Å². The molecule has 1 unspecified atom stereocenters. The molecule has 2 aromatic carbocycles. The van der Waals surface area contributed by atoms with Gasteiger partial charge in [0.15, 0.2) is 0 Å². The Morgan fingerprint density at radius 1 is 0.941 bits per heavy atom. The highest BCUT2D eigenvalue weighted by Crippen LogP contribution is 2.37. The van der Waals surface area contributed by atoms with Crippen LogP contribution in [0, 0.1) is 0 Å². The van der Waals surface area contributed by atoms with E-state index in [9.17, 15) is 31.1 Å². The Kier molecular flexibility index (Phi) is 6.14. The van der Waals surface area contributed by atoms with Crippen LogP contribution in [0.2, 0.25) is 0 Å². The molecule has 0 bridgehead atoms. The van der Waals surface area contributed by atoms with Crippen LogP contribution in [-0.4, -0.2) is 53.0 Å². The molecule has 0 saturated carbocycles. The van der Waals surface area contributed by atoms with Crippen LogP contribution in [-0.2, 0) is 25.8 Å². The van der Waals surface area contributed by atoms with Gasteiger partial charge in [-0.1, -0.05) is 18.2 Å². The first-order valence-electron chi connectivity index (χ1n) is 10.7. The van der Waals surface area contributed by atoms with Crippen molar-refractivity contribution in [3.8, 4) is 0 Å². The highest BCUT2D eigenvalue weighted by Gasteiger charge is 2.39. The number of amides is 1. The second-order valence-electron chi connectivity index (χ2n) is 8.70. The summed E-state index contributed by atoms with van der Waals surface area (Å²) in [4.78, 5) is 16.7. The molecule has 3 aromatic rings. The van der Waals surface area contributed by atoms with Gasteiger partial charge in [0.2, 0.25) is 0 Å². The number of piperazine rings is 1. The number of carbonyl (C=O) groups is 1. The molecule has 1 fully saturated rings. The second-order valence-corrected chi connectivity index (χ2v) is 8.70. The van der Waals surface area contributed by atoms with Gasteiger partial charge in [0.1, 0.15) is 0 Å². The van der Waals surface area contributed by atoms with Crippen molar-refractivity contribution in [2.24, 2.45) is 7.05 Å². The average molecular weight is 483 g/mol. The maximum Gasteiger partial charge on any atom is 0.416 e. The topological polar surface area (TPSA) is 28.5 Å². The molecule has 0 aliphatic carbocycles. The van der Waals surface area contributed by atoms with Gasteiger partial charge in [-0.05, 0) is 43.3 Å². The number of likely N-dealkylation sites (N-methyl/N-ethyl adjacent to an activating group) is 1. The van der Waals surface area contributed by atoms with E-state index in [0.717, 1.165) is 16.5 Å². The van der Waals surface area contributed by atoms with Crippen molar-refractivity contribution in [3.05, 3.63) is 70.9 Å². The molecule has 182 valence electrons. The van der Waals surface area contributed by atoms with Crippen LogP contribution in [0.15, 0.2) is 48.7 Å². The molecule has 0 radical (unpaired) electrons. The molecule has 1 amide bonds. The molecular weight excluding hydrogens is 460 g/mol. The van der Waals surface area contributed by atoms with Gasteiger partial charge in [0.25, 0.3) is 5.91 Å². The molecule has 4 nitrogen and oxygen atoms in total. The largest absolute Gasteiger partial charge is 0.416 e. The van der Waals surface area contributed by atoms with Crippen molar-refractivity contribution >= 4 is 16.8 Å². The molecule has 0 N–H and O–H groups in total. The van der Waals surface area contributed by atoms with E-state index in [0.29, 0.717) is 31.6 Å². The Morgan fingerprint density at radius 3 is 2.18 bits per heavy atom. The first kappa shape index (κ1) is 24.1. The van der Waals surface area contributed by atoms with Crippen molar-refractivity contribution in [2.45, 2.75) is 24.8 Å². The Labute approximate surface area is 192 Å². The normalized spacial score (nSPS) is 18.0. The molecule has 34 heavy (non-hydrogen) atoms. The van der Waals surface area contributed by atoms with E-state index in [4.69, 9.17) is 0 Å². The third kappa shape index (κ3) is 4.77. The summed E-state index contributed by atoms with van der Waals surface area (Å²) < 4.78 is 81.8. The molecule has 1 atom stereocenters. The Hall–Kier alpha value is -3.01. The van der Waals surface area contributed by atoms with Crippen LogP contribution >= 0.6 is 0 Å². The van der Waals surface area contributed by atoms with Gasteiger partial charge in [0.05, 0.1) is 11.1 Å². The zero-order valence-corrected chi connectivity index (χ0v) is 18.5. The maximum atomic E-state index is 13.3. The lowest BCUT2D eigenvalue weighted by atomic mass is 9.99. The van der Waals surface area contributed by atoms with Crippen molar-refractivity contribution in [1.82, 2.24) is 14.4 Å². The fraction of sp³-hybridized carbons (Fsp3) is 0.375. The number of aromatic nitrogens is 1. The summed E-state index contributed by atoms with van der Waals surface area (Å²) in [7, 11) is 3.76. The van der Waals surface area contributed by atoms with Gasteiger partial charge in [-0.15, -0.1) is 0 Å². The average Bonchev–Trinajstić information content (AvgIpc) is 3.07. The minimum Gasteiger partial charge on any atom is -0.350 e. The molecule has 0 spiro atoms. The van der Waals surface area contributed by atoms with E-state index >= 15 is 0 Å². The van der Waals surface area contributed by atoms with Crippen LogP contribution in [0.25, 0.3) is 10.9 Å². The SMILES string of the molecule is CN1CCN(C(=O)c2cc(C(F)(F)F)cc(C(F)(F)F)c2)C(Cc2cn(C)c3ccccc23)C1. The Morgan fingerprint density at radius 2 is 1.56 bits per heavy atom. The fourth-order valence-electron chi connectivity index (χ4n) is 4.54. The first-order chi connectivity index (χ1) is 15.8. The molecule has 1 aliphatic heterocycles. The summed E-state index contributed by atoms with van der Waals surface area (Å²) in [5, 5.41) is 0.990. The van der Waals surface area contributed by atoms with Gasteiger partial charge < -0.3 is 14.4 Å². The molecule has 2 heterocycles. The highest BCUT2D eigenvalue weighted by atomic mass is 19.4. The standard InChI is InChI=1S/C24H23F6N3O/c1-31-7-8-33(19(14-31)11-16-13-32(2)21-6-4-3-5-20(16)21)22(34)15-9-17(23(25,26)27)12-18(10-15)24(28,29)30/h3-6,9-10,12-13,19H,7-8,11,14H2,1-2H3. The lowest BCUT2D eigenvalue weighted by molar-refractivity contribution is -0.143. The number of nitrogens with zero attached hydrogens (tertiary/aromatic N) is 3. The number of hydrogen-bond acceptors (Lipinski definition) is 2. The van der Waals surface area contributed by atoms with E-state index in [1.807, 2.05) is 54.0 Å². The van der Waals surface area contributed by atoms with Crippen LogP contribution < -0.4 is 0 Å². The number of aryl methyl sites for hydroxylation is 1. The number of hydrogen-bond donors (Lipinski definition) is 0. The van der Waals surface area contributed by atoms with Gasteiger partial charge in [-0.2, -0.15) is 26.3 Å². The molecule has 1 aliphatic rings. The molecular formula is C24H23F6N3O. The third-order valence-electron chi connectivity index (χ3n) is 6.22. The van der Waals surface area contributed by atoms with Crippen LogP contribution in [0.1, 0.15) is 27.0 Å². The summed E-state index contributed by atoms with van der Waals surface area (Å²) >= 11 is 0. The summed E-state index contributed by atoms with van der Waals surface area (Å²) in [6.45, 7) is 1.10. The summed E-state index contributed by atoms with van der Waals surface area (Å²) in [5.74, 6) is -0.838. The highest BCUT2D eigenvalue weighted by molar-refractivity contribution is 5.95. The van der Waals surface area contributed by atoms with Crippen molar-refractivity contribution in [3.63, 3.8) is 0 Å². The number of carbonyl (C=O) groups excluding carboxylic acids is 1. The second kappa shape index (κ2) is 8.65. The van der Waals surface area contributed by atoms with E-state index in [-0.39, 0.29) is 12.6 Å². The minimum absolute atomic E-state index is 0.0361. The Bertz CT molecular complexity index is 1180. The monoisotopic (exact) mass is 483 g/mol. The predicted molar refractivity (Wildman–Crippen MR) is 115 cm³/mol. The molecule has 1 aromatic heterocycles.